The molecule has 3 rings (SSSR count). The normalized spacial score (nSPS) is 25.0. The first-order valence-electron chi connectivity index (χ1n) is 7.77. The summed E-state index contributed by atoms with van der Waals surface area (Å²) in [5.41, 5.74) is 1.81. The summed E-state index contributed by atoms with van der Waals surface area (Å²) in [5.74, 6) is -0.985. The summed E-state index contributed by atoms with van der Waals surface area (Å²) in [4.78, 5) is 28.2. The van der Waals surface area contributed by atoms with Gasteiger partial charge < -0.3 is 9.80 Å². The van der Waals surface area contributed by atoms with Crippen LogP contribution in [0.25, 0.3) is 0 Å². The fourth-order valence-corrected chi connectivity index (χ4v) is 3.45. The molecule has 0 spiro atoms. The lowest BCUT2D eigenvalue weighted by atomic mass is 9.92. The molecule has 3 heterocycles. The molecule has 0 N–H and O–H groups in total. The highest BCUT2D eigenvalue weighted by Gasteiger charge is 2.45. The van der Waals surface area contributed by atoms with E-state index in [-0.39, 0.29) is 36.6 Å². The summed E-state index contributed by atoms with van der Waals surface area (Å²) in [5, 5.41) is 4.22. The molecular weight excluding hydrogens is 299 g/mol. The van der Waals surface area contributed by atoms with Gasteiger partial charge in [0.15, 0.2) is 0 Å². The summed E-state index contributed by atoms with van der Waals surface area (Å²) in [6, 6.07) is -0.335. The minimum absolute atomic E-state index is 0.00593. The zero-order valence-electron chi connectivity index (χ0n) is 13.6. The highest BCUT2D eigenvalue weighted by Crippen LogP contribution is 2.39. The topological polar surface area (TPSA) is 58.4 Å². The van der Waals surface area contributed by atoms with Gasteiger partial charge in [-0.1, -0.05) is 0 Å². The lowest BCUT2D eigenvalue weighted by Gasteiger charge is -2.30. The summed E-state index contributed by atoms with van der Waals surface area (Å²) >= 11 is 0. The van der Waals surface area contributed by atoms with Crippen molar-refractivity contribution in [2.24, 2.45) is 13.0 Å². The van der Waals surface area contributed by atoms with Crippen molar-refractivity contribution in [3.05, 3.63) is 29.4 Å². The van der Waals surface area contributed by atoms with Gasteiger partial charge in [0.2, 0.25) is 11.8 Å². The number of hydrogen-bond acceptors (Lipinski definition) is 3. The minimum Gasteiger partial charge on any atom is -0.338 e. The van der Waals surface area contributed by atoms with Crippen molar-refractivity contribution in [3.63, 3.8) is 0 Å². The standard InChI is InChI=1S/C16H21FN4O2/c1-10-13(8-18-20(10)3)15-12(7-14(22)19(15)2)16(23)21-6-4-5-11(17)9-21/h5,8,12,15H,4,6-7,9H2,1-3H3/t12-,15-/m0/s1. The Bertz CT molecular complexity index is 682. The number of hydrogen-bond donors (Lipinski definition) is 0. The van der Waals surface area contributed by atoms with Crippen molar-refractivity contribution in [1.29, 1.82) is 0 Å². The third-order valence-electron chi connectivity index (χ3n) is 4.91. The van der Waals surface area contributed by atoms with Gasteiger partial charge in [-0.15, -0.1) is 0 Å². The Hall–Kier alpha value is -2.18. The summed E-state index contributed by atoms with van der Waals surface area (Å²) in [6.07, 6.45) is 3.91. The molecule has 2 aliphatic heterocycles. The number of likely N-dealkylation sites (tertiary alicyclic amines) is 1. The Morgan fingerprint density at radius 2 is 2.13 bits per heavy atom. The molecule has 0 unspecified atom stereocenters. The van der Waals surface area contributed by atoms with Gasteiger partial charge in [-0.05, 0) is 19.4 Å². The zero-order chi connectivity index (χ0) is 16.7. The number of aromatic nitrogens is 2. The maximum atomic E-state index is 13.5. The summed E-state index contributed by atoms with van der Waals surface area (Å²) in [6.45, 7) is 2.43. The average Bonchev–Trinajstić information content (AvgIpc) is 3.00. The highest BCUT2D eigenvalue weighted by molar-refractivity contribution is 5.90. The molecule has 1 fully saturated rings. The van der Waals surface area contributed by atoms with E-state index in [0.717, 1.165) is 11.3 Å². The second kappa shape index (κ2) is 5.79. The Kier molecular flexibility index (Phi) is 3.95. The molecule has 7 heteroatoms. The van der Waals surface area contributed by atoms with Gasteiger partial charge in [0.1, 0.15) is 5.83 Å². The molecule has 1 saturated heterocycles. The second-order valence-corrected chi connectivity index (χ2v) is 6.27. The van der Waals surface area contributed by atoms with Crippen molar-refractivity contribution < 1.29 is 14.0 Å². The molecule has 0 aliphatic carbocycles. The second-order valence-electron chi connectivity index (χ2n) is 6.27. The molecular formula is C16H21FN4O2. The van der Waals surface area contributed by atoms with Crippen molar-refractivity contribution in [1.82, 2.24) is 19.6 Å². The average molecular weight is 320 g/mol. The highest BCUT2D eigenvalue weighted by atomic mass is 19.1. The van der Waals surface area contributed by atoms with E-state index in [4.69, 9.17) is 0 Å². The molecule has 2 aliphatic rings. The Morgan fingerprint density at radius 3 is 2.74 bits per heavy atom. The maximum absolute atomic E-state index is 13.5. The Balaban J connectivity index is 1.90. The summed E-state index contributed by atoms with van der Waals surface area (Å²) < 4.78 is 15.2. The first kappa shape index (κ1) is 15.7. The van der Waals surface area contributed by atoms with E-state index in [1.165, 1.54) is 11.0 Å². The van der Waals surface area contributed by atoms with Gasteiger partial charge in [-0.2, -0.15) is 5.10 Å². The molecule has 2 atom stereocenters. The van der Waals surface area contributed by atoms with Crippen LogP contribution in [0.1, 0.15) is 30.1 Å². The van der Waals surface area contributed by atoms with Crippen molar-refractivity contribution >= 4 is 11.8 Å². The fraction of sp³-hybridized carbons (Fsp3) is 0.562. The number of amides is 2. The molecule has 1 aromatic heterocycles. The SMILES string of the molecule is Cc1c([C@@H]2[C@@H](C(=O)N3CCC=C(F)C3)CC(=O)N2C)cnn1C. The van der Waals surface area contributed by atoms with E-state index in [2.05, 4.69) is 5.10 Å². The van der Waals surface area contributed by atoms with Crippen LogP contribution in [0.2, 0.25) is 0 Å². The Labute approximate surface area is 134 Å². The van der Waals surface area contributed by atoms with Crippen LogP contribution in [0.5, 0.6) is 0 Å². The molecule has 23 heavy (non-hydrogen) atoms. The predicted octanol–water partition coefficient (Wildman–Crippen LogP) is 1.33. The molecule has 0 aromatic carbocycles. The van der Waals surface area contributed by atoms with Crippen LogP contribution in [0, 0.1) is 12.8 Å². The monoisotopic (exact) mass is 320 g/mol. The molecule has 1 aromatic rings. The van der Waals surface area contributed by atoms with Crippen LogP contribution in [-0.2, 0) is 16.6 Å². The van der Waals surface area contributed by atoms with Crippen LogP contribution >= 0.6 is 0 Å². The lowest BCUT2D eigenvalue weighted by molar-refractivity contribution is -0.136. The molecule has 0 bridgehead atoms. The van der Waals surface area contributed by atoms with E-state index in [1.807, 2.05) is 14.0 Å². The zero-order valence-corrected chi connectivity index (χ0v) is 13.6. The number of halogens is 1. The molecule has 6 nitrogen and oxygen atoms in total. The van der Waals surface area contributed by atoms with Crippen molar-refractivity contribution in [2.45, 2.75) is 25.8 Å². The van der Waals surface area contributed by atoms with E-state index in [1.54, 1.807) is 22.8 Å². The van der Waals surface area contributed by atoms with Crippen LogP contribution in [0.15, 0.2) is 18.1 Å². The fourth-order valence-electron chi connectivity index (χ4n) is 3.45. The number of carbonyl (C=O) groups is 2. The Morgan fingerprint density at radius 1 is 1.39 bits per heavy atom. The third-order valence-corrected chi connectivity index (χ3v) is 4.91. The smallest absolute Gasteiger partial charge is 0.229 e. The van der Waals surface area contributed by atoms with Gasteiger partial charge in [-0.3, -0.25) is 14.3 Å². The maximum Gasteiger partial charge on any atom is 0.229 e. The van der Waals surface area contributed by atoms with Gasteiger partial charge in [0.05, 0.1) is 24.7 Å². The predicted molar refractivity (Wildman–Crippen MR) is 82.0 cm³/mol. The first-order chi connectivity index (χ1) is 10.9. The summed E-state index contributed by atoms with van der Waals surface area (Å²) in [7, 11) is 3.54. The quantitative estimate of drug-likeness (QED) is 0.826. The third kappa shape index (κ3) is 2.64. The number of nitrogens with zero attached hydrogens (tertiary/aromatic N) is 4. The van der Waals surface area contributed by atoms with Crippen LogP contribution in [0.4, 0.5) is 4.39 Å². The van der Waals surface area contributed by atoms with Gasteiger partial charge in [0, 0.05) is 38.3 Å². The van der Waals surface area contributed by atoms with Crippen LogP contribution in [-0.4, -0.2) is 51.5 Å². The number of aryl methyl sites for hydroxylation is 1. The van der Waals surface area contributed by atoms with Crippen LogP contribution in [0.3, 0.4) is 0 Å². The first-order valence-corrected chi connectivity index (χ1v) is 7.77. The molecule has 0 saturated carbocycles. The van der Waals surface area contributed by atoms with Crippen molar-refractivity contribution in [2.75, 3.05) is 20.1 Å². The van der Waals surface area contributed by atoms with Gasteiger partial charge in [0.25, 0.3) is 0 Å². The van der Waals surface area contributed by atoms with Gasteiger partial charge >= 0.3 is 0 Å². The largest absolute Gasteiger partial charge is 0.338 e. The van der Waals surface area contributed by atoms with E-state index >= 15 is 0 Å². The molecule has 0 radical (unpaired) electrons. The number of carbonyl (C=O) groups excluding carboxylic acids is 2. The van der Waals surface area contributed by atoms with Crippen LogP contribution < -0.4 is 0 Å². The van der Waals surface area contributed by atoms with E-state index in [9.17, 15) is 14.0 Å². The lowest BCUT2D eigenvalue weighted by Crippen LogP contribution is -2.41. The van der Waals surface area contributed by atoms with E-state index < -0.39 is 5.92 Å². The number of rotatable bonds is 2. The minimum atomic E-state index is -0.485. The molecule has 124 valence electrons. The molecule has 2 amide bonds. The van der Waals surface area contributed by atoms with Gasteiger partial charge in [-0.25, -0.2) is 4.39 Å². The van der Waals surface area contributed by atoms with E-state index in [0.29, 0.717) is 13.0 Å². The van der Waals surface area contributed by atoms with Crippen molar-refractivity contribution in [3.8, 4) is 0 Å².